The van der Waals surface area contributed by atoms with Crippen molar-refractivity contribution in [2.24, 2.45) is 0 Å². The normalized spacial score (nSPS) is 10.0. The molecule has 5 heteroatoms. The van der Waals surface area contributed by atoms with E-state index in [0.29, 0.717) is 23.9 Å². The first-order valence-corrected chi connectivity index (χ1v) is 7.01. The summed E-state index contributed by atoms with van der Waals surface area (Å²) < 4.78 is 5.48. The van der Waals surface area contributed by atoms with Crippen molar-refractivity contribution < 1.29 is 9.53 Å². The maximum atomic E-state index is 11.7. The van der Waals surface area contributed by atoms with E-state index >= 15 is 0 Å². The fourth-order valence-electron chi connectivity index (χ4n) is 1.79. The first-order valence-electron chi connectivity index (χ1n) is 6.63. The van der Waals surface area contributed by atoms with Gasteiger partial charge in [-0.15, -0.1) is 0 Å². The van der Waals surface area contributed by atoms with Crippen LogP contribution in [0.5, 0.6) is 5.75 Å². The molecule has 0 fully saturated rings. The van der Waals surface area contributed by atoms with Crippen LogP contribution in [0.3, 0.4) is 0 Å². The van der Waals surface area contributed by atoms with Crippen LogP contribution in [0, 0.1) is 6.92 Å². The minimum absolute atomic E-state index is 0.254. The van der Waals surface area contributed by atoms with Crippen molar-refractivity contribution in [3.05, 3.63) is 59.1 Å². The molecule has 0 radical (unpaired) electrons. The number of carbonyl (C=O) groups is 1. The third kappa shape index (κ3) is 5.36. The van der Waals surface area contributed by atoms with Gasteiger partial charge in [-0.25, -0.2) is 4.79 Å². The molecule has 0 unspecified atom stereocenters. The summed E-state index contributed by atoms with van der Waals surface area (Å²) in [6, 6.07) is 14.5. The quantitative estimate of drug-likeness (QED) is 0.824. The lowest BCUT2D eigenvalue weighted by Gasteiger charge is -2.09. The van der Waals surface area contributed by atoms with E-state index in [9.17, 15) is 4.79 Å². The standard InChI is InChI=1S/C16H17ClN2O2/c1-12-4-2-6-14(10-12)19-16(20)18-8-9-21-15-7-3-5-13(17)11-15/h2-7,10-11H,8-9H2,1H3,(H2,18,19,20). The number of aryl methyl sites for hydroxylation is 1. The van der Waals surface area contributed by atoms with Crippen molar-refractivity contribution in [2.75, 3.05) is 18.5 Å². The van der Waals surface area contributed by atoms with Crippen molar-refractivity contribution >= 4 is 23.3 Å². The number of hydrogen-bond donors (Lipinski definition) is 2. The third-order valence-electron chi connectivity index (χ3n) is 2.73. The van der Waals surface area contributed by atoms with Crippen molar-refractivity contribution in [2.45, 2.75) is 6.92 Å². The molecule has 21 heavy (non-hydrogen) atoms. The van der Waals surface area contributed by atoms with Crippen LogP contribution in [0.15, 0.2) is 48.5 Å². The van der Waals surface area contributed by atoms with E-state index in [4.69, 9.17) is 16.3 Å². The molecule has 4 nitrogen and oxygen atoms in total. The topological polar surface area (TPSA) is 50.4 Å². The zero-order chi connectivity index (χ0) is 15.1. The van der Waals surface area contributed by atoms with Crippen molar-refractivity contribution in [3.63, 3.8) is 0 Å². The summed E-state index contributed by atoms with van der Waals surface area (Å²) in [4.78, 5) is 11.7. The van der Waals surface area contributed by atoms with Gasteiger partial charge in [-0.2, -0.15) is 0 Å². The second-order valence-electron chi connectivity index (χ2n) is 4.56. The molecule has 0 atom stereocenters. The molecule has 0 saturated carbocycles. The first kappa shape index (κ1) is 15.2. The fraction of sp³-hybridized carbons (Fsp3) is 0.188. The summed E-state index contributed by atoms with van der Waals surface area (Å²) in [5.74, 6) is 0.684. The fourth-order valence-corrected chi connectivity index (χ4v) is 1.97. The Kier molecular flexibility index (Phi) is 5.46. The van der Waals surface area contributed by atoms with Gasteiger partial charge in [0, 0.05) is 10.7 Å². The molecule has 0 aliphatic rings. The van der Waals surface area contributed by atoms with E-state index in [2.05, 4.69) is 10.6 Å². The highest BCUT2D eigenvalue weighted by Crippen LogP contribution is 2.16. The van der Waals surface area contributed by atoms with Crippen molar-refractivity contribution in [1.82, 2.24) is 5.32 Å². The smallest absolute Gasteiger partial charge is 0.319 e. The Bertz CT molecular complexity index is 617. The molecule has 0 aliphatic carbocycles. The summed E-state index contributed by atoms with van der Waals surface area (Å²) in [5, 5.41) is 6.11. The number of halogens is 1. The van der Waals surface area contributed by atoms with Gasteiger partial charge < -0.3 is 15.4 Å². The van der Waals surface area contributed by atoms with E-state index in [1.165, 1.54) is 0 Å². The second-order valence-corrected chi connectivity index (χ2v) is 4.99. The zero-order valence-electron chi connectivity index (χ0n) is 11.7. The maximum absolute atomic E-state index is 11.7. The molecule has 2 N–H and O–H groups in total. The summed E-state index contributed by atoms with van der Waals surface area (Å²) in [5.41, 5.74) is 1.86. The molecule has 0 spiro atoms. The van der Waals surface area contributed by atoms with Gasteiger partial charge in [0.25, 0.3) is 0 Å². The van der Waals surface area contributed by atoms with Crippen molar-refractivity contribution in [1.29, 1.82) is 0 Å². The zero-order valence-corrected chi connectivity index (χ0v) is 12.5. The first-order chi connectivity index (χ1) is 10.1. The molecule has 2 aromatic carbocycles. The van der Waals surface area contributed by atoms with E-state index in [0.717, 1.165) is 11.3 Å². The Hall–Kier alpha value is -2.20. The number of nitrogens with one attached hydrogen (secondary N) is 2. The van der Waals surface area contributed by atoms with E-state index < -0.39 is 0 Å². The molecule has 0 bridgehead atoms. The number of ether oxygens (including phenoxy) is 1. The molecule has 0 saturated heterocycles. The molecule has 110 valence electrons. The van der Waals surface area contributed by atoms with Crippen LogP contribution in [-0.4, -0.2) is 19.2 Å². The predicted octanol–water partition coefficient (Wildman–Crippen LogP) is 3.85. The number of amides is 2. The minimum atomic E-state index is -0.254. The van der Waals surface area contributed by atoms with Gasteiger partial charge in [-0.3, -0.25) is 0 Å². The summed E-state index contributed by atoms with van der Waals surface area (Å²) in [7, 11) is 0. The Morgan fingerprint density at radius 1 is 1.19 bits per heavy atom. The number of hydrogen-bond acceptors (Lipinski definition) is 2. The molecule has 0 aliphatic heterocycles. The highest BCUT2D eigenvalue weighted by atomic mass is 35.5. The van der Waals surface area contributed by atoms with Crippen LogP contribution in [0.2, 0.25) is 5.02 Å². The largest absolute Gasteiger partial charge is 0.492 e. The van der Waals surface area contributed by atoms with Crippen LogP contribution in [0.4, 0.5) is 10.5 Å². The van der Waals surface area contributed by atoms with Crippen LogP contribution in [0.1, 0.15) is 5.56 Å². The summed E-state index contributed by atoms with van der Waals surface area (Å²) in [6.45, 7) is 2.76. The summed E-state index contributed by atoms with van der Waals surface area (Å²) in [6.07, 6.45) is 0. The van der Waals surface area contributed by atoms with E-state index in [1.807, 2.05) is 43.3 Å². The lowest BCUT2D eigenvalue weighted by Crippen LogP contribution is -2.32. The lowest BCUT2D eigenvalue weighted by molar-refractivity contribution is 0.247. The maximum Gasteiger partial charge on any atom is 0.319 e. The summed E-state index contributed by atoms with van der Waals surface area (Å²) >= 11 is 5.85. The van der Waals surface area contributed by atoms with E-state index in [1.54, 1.807) is 12.1 Å². The van der Waals surface area contributed by atoms with Crippen LogP contribution in [-0.2, 0) is 0 Å². The van der Waals surface area contributed by atoms with Gasteiger partial charge in [-0.1, -0.05) is 29.8 Å². The number of urea groups is 1. The minimum Gasteiger partial charge on any atom is -0.492 e. The number of benzene rings is 2. The highest BCUT2D eigenvalue weighted by molar-refractivity contribution is 6.30. The van der Waals surface area contributed by atoms with Gasteiger partial charge >= 0.3 is 6.03 Å². The second kappa shape index (κ2) is 7.55. The monoisotopic (exact) mass is 304 g/mol. The van der Waals surface area contributed by atoms with Crippen LogP contribution >= 0.6 is 11.6 Å². The SMILES string of the molecule is Cc1cccc(NC(=O)NCCOc2cccc(Cl)c2)c1. The Labute approximate surface area is 129 Å². The number of anilines is 1. The van der Waals surface area contributed by atoms with Gasteiger partial charge in [0.1, 0.15) is 12.4 Å². The average Bonchev–Trinajstić information content (AvgIpc) is 2.44. The molecular formula is C16H17ClN2O2. The third-order valence-corrected chi connectivity index (χ3v) is 2.96. The highest BCUT2D eigenvalue weighted by Gasteiger charge is 2.01. The van der Waals surface area contributed by atoms with Gasteiger partial charge in [-0.05, 0) is 42.8 Å². The molecule has 2 aromatic rings. The Balaban J connectivity index is 1.70. The molecule has 2 rings (SSSR count). The predicted molar refractivity (Wildman–Crippen MR) is 85.1 cm³/mol. The molecule has 0 heterocycles. The number of carbonyl (C=O) groups excluding carboxylic acids is 1. The Morgan fingerprint density at radius 2 is 2.00 bits per heavy atom. The molecule has 2 amide bonds. The van der Waals surface area contributed by atoms with Gasteiger partial charge in [0.15, 0.2) is 0 Å². The molecular weight excluding hydrogens is 288 g/mol. The van der Waals surface area contributed by atoms with E-state index in [-0.39, 0.29) is 6.03 Å². The van der Waals surface area contributed by atoms with Crippen molar-refractivity contribution in [3.8, 4) is 5.75 Å². The Morgan fingerprint density at radius 3 is 2.76 bits per heavy atom. The lowest BCUT2D eigenvalue weighted by atomic mass is 10.2. The van der Waals surface area contributed by atoms with Gasteiger partial charge in [0.2, 0.25) is 0 Å². The molecule has 0 aromatic heterocycles. The average molecular weight is 305 g/mol. The van der Waals surface area contributed by atoms with Crippen LogP contribution < -0.4 is 15.4 Å². The number of rotatable bonds is 5. The van der Waals surface area contributed by atoms with Gasteiger partial charge in [0.05, 0.1) is 6.54 Å². The van der Waals surface area contributed by atoms with Crippen LogP contribution in [0.25, 0.3) is 0 Å².